The lowest BCUT2D eigenvalue weighted by Crippen LogP contribution is -2.16. The molecule has 0 atom stereocenters. The average molecular weight is 512 g/mol. The number of hydrogen-bond acceptors (Lipinski definition) is 5. The van der Waals surface area contributed by atoms with Gasteiger partial charge in [-0.05, 0) is 42.0 Å². The lowest BCUT2D eigenvalue weighted by atomic mass is 10.0. The quantitative estimate of drug-likeness (QED) is 0.291. The Morgan fingerprint density at radius 2 is 1.89 bits per heavy atom. The normalized spacial score (nSPS) is 11.3. The maximum atomic E-state index is 15.1. The maximum absolute atomic E-state index is 15.1. The van der Waals surface area contributed by atoms with Crippen LogP contribution >= 0.6 is 0 Å². The van der Waals surface area contributed by atoms with Gasteiger partial charge in [-0.3, -0.25) is 9.78 Å². The highest BCUT2D eigenvalue weighted by Gasteiger charge is 2.25. The van der Waals surface area contributed by atoms with Gasteiger partial charge in [0.25, 0.3) is 5.92 Å². The van der Waals surface area contributed by atoms with Gasteiger partial charge in [0.2, 0.25) is 5.91 Å². The summed E-state index contributed by atoms with van der Waals surface area (Å²) in [7, 11) is 0. The molecule has 4 aromatic heterocycles. The van der Waals surface area contributed by atoms with Crippen LogP contribution in [0.1, 0.15) is 23.7 Å². The van der Waals surface area contributed by atoms with E-state index in [9.17, 15) is 13.6 Å². The molecule has 0 spiro atoms. The minimum Gasteiger partial charge on any atom is -0.339 e. The molecule has 0 radical (unpaired) electrons. The van der Waals surface area contributed by atoms with Gasteiger partial charge >= 0.3 is 0 Å². The summed E-state index contributed by atoms with van der Waals surface area (Å²) in [5.74, 6) is -4.12. The molecule has 0 unspecified atom stereocenters. The van der Waals surface area contributed by atoms with Crippen molar-refractivity contribution in [3.05, 3.63) is 96.0 Å². The van der Waals surface area contributed by atoms with E-state index in [-0.39, 0.29) is 17.7 Å². The molecule has 0 saturated carbocycles. The number of anilines is 1. The number of rotatable bonds is 6. The van der Waals surface area contributed by atoms with Gasteiger partial charge in [0.15, 0.2) is 0 Å². The number of hydrogen-bond donors (Lipinski definition) is 2. The number of halogens is 3. The number of carbonyl (C=O) groups is 1. The van der Waals surface area contributed by atoms with Crippen molar-refractivity contribution in [2.45, 2.75) is 19.3 Å². The van der Waals surface area contributed by atoms with Gasteiger partial charge in [0, 0.05) is 58.8 Å². The van der Waals surface area contributed by atoms with Gasteiger partial charge < -0.3 is 10.3 Å². The molecule has 4 heterocycles. The number of pyridine rings is 3. The van der Waals surface area contributed by atoms with E-state index in [0.717, 1.165) is 35.8 Å². The van der Waals surface area contributed by atoms with Crippen LogP contribution < -0.4 is 5.32 Å². The first-order valence-corrected chi connectivity index (χ1v) is 11.5. The van der Waals surface area contributed by atoms with E-state index >= 15 is 4.39 Å². The summed E-state index contributed by atoms with van der Waals surface area (Å²) in [5.41, 5.74) is 3.50. The van der Waals surface area contributed by atoms with Crippen LogP contribution in [0.2, 0.25) is 0 Å². The van der Waals surface area contributed by atoms with Gasteiger partial charge in [-0.2, -0.15) is 5.26 Å². The smallest absolute Gasteiger partial charge is 0.272 e. The standard InChI is InChI=1S/C28H19F3N6O/c1-28(30,31)20-11-22(15-33-14-20)36-26(38)7-16-2-3-23(24(29)6-16)19-8-18-10-25(37-27(18)35-13-19)17-4-5-34-21(9-17)12-32/h2-6,8-11,13-15H,7H2,1H3,(H,35,37)(H,36,38). The number of fused-ring (bicyclic) bond motifs is 1. The summed E-state index contributed by atoms with van der Waals surface area (Å²) in [5, 5.41) is 12.4. The Balaban J connectivity index is 1.33. The number of carbonyl (C=O) groups excluding carboxylic acids is 1. The Labute approximate surface area is 215 Å². The van der Waals surface area contributed by atoms with Crippen molar-refractivity contribution in [1.29, 1.82) is 5.26 Å². The molecule has 0 saturated heterocycles. The number of aromatic nitrogens is 4. The second-order valence-corrected chi connectivity index (χ2v) is 8.78. The molecule has 188 valence electrons. The van der Waals surface area contributed by atoms with Crippen molar-refractivity contribution >= 4 is 22.6 Å². The third-order valence-electron chi connectivity index (χ3n) is 5.89. The lowest BCUT2D eigenvalue weighted by Gasteiger charge is -2.12. The average Bonchev–Trinajstić information content (AvgIpc) is 3.32. The minimum absolute atomic E-state index is 0.131. The van der Waals surface area contributed by atoms with E-state index < -0.39 is 17.6 Å². The van der Waals surface area contributed by atoms with E-state index in [1.807, 2.05) is 12.1 Å². The third kappa shape index (κ3) is 5.22. The molecule has 1 amide bonds. The highest BCUT2D eigenvalue weighted by Crippen LogP contribution is 2.30. The number of nitrogens with zero attached hydrogens (tertiary/aromatic N) is 4. The van der Waals surface area contributed by atoms with Crippen molar-refractivity contribution in [3.8, 4) is 28.5 Å². The fourth-order valence-corrected chi connectivity index (χ4v) is 4.02. The van der Waals surface area contributed by atoms with E-state index in [1.54, 1.807) is 42.7 Å². The molecule has 5 aromatic rings. The Morgan fingerprint density at radius 3 is 2.66 bits per heavy atom. The summed E-state index contributed by atoms with van der Waals surface area (Å²) < 4.78 is 42.1. The molecule has 10 heteroatoms. The third-order valence-corrected chi connectivity index (χ3v) is 5.89. The van der Waals surface area contributed by atoms with E-state index in [1.165, 1.54) is 12.3 Å². The summed E-state index contributed by atoms with van der Waals surface area (Å²) >= 11 is 0. The molecule has 5 rings (SSSR count). The number of benzene rings is 1. The van der Waals surface area contributed by atoms with Gasteiger partial charge in [-0.25, -0.2) is 23.1 Å². The Bertz CT molecular complexity index is 1720. The SMILES string of the molecule is CC(F)(F)c1cncc(NC(=O)Cc2ccc(-c3cnc4[nH]c(-c5ccnc(C#N)c5)cc4c3)c(F)c2)c1. The van der Waals surface area contributed by atoms with Crippen LogP contribution in [0, 0.1) is 17.1 Å². The lowest BCUT2D eigenvalue weighted by molar-refractivity contribution is -0.115. The first-order valence-electron chi connectivity index (χ1n) is 11.5. The fraction of sp³-hybridized carbons (Fsp3) is 0.107. The van der Waals surface area contributed by atoms with Gasteiger partial charge in [0.1, 0.15) is 23.2 Å². The zero-order chi connectivity index (χ0) is 26.9. The van der Waals surface area contributed by atoms with Crippen molar-refractivity contribution < 1.29 is 18.0 Å². The zero-order valence-corrected chi connectivity index (χ0v) is 20.0. The predicted molar refractivity (Wildman–Crippen MR) is 136 cm³/mol. The van der Waals surface area contributed by atoms with Crippen LogP contribution in [-0.2, 0) is 17.1 Å². The van der Waals surface area contributed by atoms with Crippen LogP contribution in [0.5, 0.6) is 0 Å². The maximum Gasteiger partial charge on any atom is 0.272 e. The number of nitriles is 1. The van der Waals surface area contributed by atoms with Crippen molar-refractivity contribution in [2.75, 3.05) is 5.32 Å². The van der Waals surface area contributed by atoms with E-state index in [0.29, 0.717) is 28.0 Å². The van der Waals surface area contributed by atoms with Crippen LogP contribution in [0.15, 0.2) is 73.3 Å². The molecule has 0 aliphatic heterocycles. The number of nitrogens with one attached hydrogen (secondary N) is 2. The zero-order valence-electron chi connectivity index (χ0n) is 20.0. The number of aromatic amines is 1. The highest BCUT2D eigenvalue weighted by molar-refractivity contribution is 5.92. The summed E-state index contributed by atoms with van der Waals surface area (Å²) in [6.45, 7) is 0.745. The van der Waals surface area contributed by atoms with Crippen molar-refractivity contribution in [3.63, 3.8) is 0 Å². The van der Waals surface area contributed by atoms with Gasteiger partial charge in [-0.15, -0.1) is 0 Å². The first-order chi connectivity index (χ1) is 18.2. The van der Waals surface area contributed by atoms with Crippen LogP contribution in [0.4, 0.5) is 18.9 Å². The molecule has 0 fully saturated rings. The topological polar surface area (TPSA) is 107 Å². The van der Waals surface area contributed by atoms with Crippen molar-refractivity contribution in [2.24, 2.45) is 0 Å². The number of H-pyrrole nitrogens is 1. The molecule has 0 aliphatic rings. The minimum atomic E-state index is -3.09. The molecule has 7 nitrogen and oxygen atoms in total. The summed E-state index contributed by atoms with van der Waals surface area (Å²) in [4.78, 5) is 27.7. The van der Waals surface area contributed by atoms with Crippen LogP contribution in [0.3, 0.4) is 0 Å². The predicted octanol–water partition coefficient (Wildman–Crippen LogP) is 5.99. The highest BCUT2D eigenvalue weighted by atomic mass is 19.3. The Hall–Kier alpha value is -5.04. The first kappa shape index (κ1) is 24.6. The van der Waals surface area contributed by atoms with Gasteiger partial charge in [-0.1, -0.05) is 12.1 Å². The second-order valence-electron chi connectivity index (χ2n) is 8.78. The summed E-state index contributed by atoms with van der Waals surface area (Å²) in [6.07, 6.45) is 5.24. The van der Waals surface area contributed by atoms with Crippen LogP contribution in [0.25, 0.3) is 33.4 Å². The monoisotopic (exact) mass is 512 g/mol. The van der Waals surface area contributed by atoms with E-state index in [4.69, 9.17) is 5.26 Å². The summed E-state index contributed by atoms with van der Waals surface area (Å²) in [6, 6.07) is 14.7. The molecular formula is C28H19F3N6O. The van der Waals surface area contributed by atoms with Crippen molar-refractivity contribution in [1.82, 2.24) is 19.9 Å². The molecule has 0 bridgehead atoms. The fourth-order valence-electron chi connectivity index (χ4n) is 4.02. The molecule has 1 aromatic carbocycles. The Kier molecular flexibility index (Phi) is 6.34. The molecule has 0 aliphatic carbocycles. The molecular weight excluding hydrogens is 493 g/mol. The van der Waals surface area contributed by atoms with Gasteiger partial charge in [0.05, 0.1) is 18.3 Å². The molecule has 2 N–H and O–H groups in total. The largest absolute Gasteiger partial charge is 0.339 e. The Morgan fingerprint density at radius 1 is 1.05 bits per heavy atom. The second kappa shape index (κ2) is 9.78. The number of amides is 1. The number of alkyl halides is 2. The van der Waals surface area contributed by atoms with Crippen LogP contribution in [-0.4, -0.2) is 25.8 Å². The van der Waals surface area contributed by atoms with E-state index in [2.05, 4.69) is 25.3 Å². The molecule has 38 heavy (non-hydrogen) atoms.